The third kappa shape index (κ3) is 5.08. The zero-order valence-corrected chi connectivity index (χ0v) is 17.0. The van der Waals surface area contributed by atoms with Crippen molar-refractivity contribution in [1.29, 1.82) is 0 Å². The lowest BCUT2D eigenvalue weighted by Gasteiger charge is -2.14. The van der Waals surface area contributed by atoms with Gasteiger partial charge in [0.2, 0.25) is 0 Å². The lowest BCUT2D eigenvalue weighted by atomic mass is 10.2. The molecule has 2 N–H and O–H groups in total. The summed E-state index contributed by atoms with van der Waals surface area (Å²) >= 11 is 2.14. The molecule has 0 saturated heterocycles. The summed E-state index contributed by atoms with van der Waals surface area (Å²) < 4.78 is 33.9. The third-order valence-electron chi connectivity index (χ3n) is 3.24. The molecule has 8 heteroatoms. The Balaban J connectivity index is 2.37. The molecule has 0 aliphatic heterocycles. The minimum Gasteiger partial charge on any atom is -0.496 e. The van der Waals surface area contributed by atoms with Crippen molar-refractivity contribution in [3.8, 4) is 5.75 Å². The van der Waals surface area contributed by atoms with Crippen molar-refractivity contribution >= 4 is 44.2 Å². The zero-order chi connectivity index (χ0) is 18.6. The van der Waals surface area contributed by atoms with E-state index in [2.05, 4.69) is 32.6 Å². The van der Waals surface area contributed by atoms with Gasteiger partial charge in [-0.05, 0) is 78.9 Å². The van der Waals surface area contributed by atoms with E-state index >= 15 is 0 Å². The fraction of sp³-hybridized carbons (Fsp3) is 0.235. The van der Waals surface area contributed by atoms with E-state index in [0.29, 0.717) is 11.4 Å². The Bertz CT molecular complexity index is 865. The van der Waals surface area contributed by atoms with Crippen LogP contribution in [-0.2, 0) is 10.0 Å². The van der Waals surface area contributed by atoms with E-state index in [0.717, 1.165) is 3.57 Å². The van der Waals surface area contributed by atoms with Crippen molar-refractivity contribution < 1.29 is 17.9 Å². The largest absolute Gasteiger partial charge is 0.496 e. The normalized spacial score (nSPS) is 11.2. The average molecular weight is 474 g/mol. The number of hydrogen-bond acceptors (Lipinski definition) is 4. The van der Waals surface area contributed by atoms with Crippen LogP contribution in [0.1, 0.15) is 24.2 Å². The smallest absolute Gasteiger partial charge is 0.261 e. The van der Waals surface area contributed by atoms with Gasteiger partial charge in [0, 0.05) is 15.3 Å². The molecule has 0 aliphatic carbocycles. The molecular formula is C17H19IN2O4S. The second-order valence-corrected chi connectivity index (χ2v) is 8.53. The third-order valence-corrected chi connectivity index (χ3v) is 5.34. The van der Waals surface area contributed by atoms with Gasteiger partial charge in [0.1, 0.15) is 5.75 Å². The summed E-state index contributed by atoms with van der Waals surface area (Å²) in [4.78, 5) is 12.3. The predicted molar refractivity (Wildman–Crippen MR) is 106 cm³/mol. The summed E-state index contributed by atoms with van der Waals surface area (Å²) in [6, 6.07) is 11.1. The van der Waals surface area contributed by atoms with Gasteiger partial charge in [-0.2, -0.15) is 0 Å². The molecule has 0 bridgehead atoms. The lowest BCUT2D eigenvalue weighted by Crippen LogP contribution is -2.30. The van der Waals surface area contributed by atoms with Crippen LogP contribution in [0.25, 0.3) is 0 Å². The molecule has 0 atom stereocenters. The predicted octanol–water partition coefficient (Wildman–Crippen LogP) is 3.24. The van der Waals surface area contributed by atoms with Crippen LogP contribution in [0.5, 0.6) is 5.75 Å². The molecule has 0 unspecified atom stereocenters. The fourth-order valence-electron chi connectivity index (χ4n) is 2.10. The molecule has 25 heavy (non-hydrogen) atoms. The second kappa shape index (κ2) is 8.05. The van der Waals surface area contributed by atoms with Gasteiger partial charge in [-0.1, -0.05) is 0 Å². The number of sulfonamides is 1. The Labute approximate surface area is 161 Å². The van der Waals surface area contributed by atoms with Crippen LogP contribution >= 0.6 is 22.6 Å². The topological polar surface area (TPSA) is 84.5 Å². The van der Waals surface area contributed by atoms with Crippen LogP contribution in [0.4, 0.5) is 5.69 Å². The highest BCUT2D eigenvalue weighted by atomic mass is 127. The molecule has 0 aliphatic rings. The number of carbonyl (C=O) groups is 1. The fourth-order valence-corrected chi connectivity index (χ4v) is 3.55. The minimum absolute atomic E-state index is 0.0132. The van der Waals surface area contributed by atoms with E-state index in [1.165, 1.54) is 25.3 Å². The van der Waals surface area contributed by atoms with Crippen LogP contribution in [0.3, 0.4) is 0 Å². The summed E-state index contributed by atoms with van der Waals surface area (Å²) in [5, 5.41) is 2.73. The molecular weight excluding hydrogens is 455 g/mol. The number of rotatable bonds is 6. The maximum Gasteiger partial charge on any atom is 0.261 e. The van der Waals surface area contributed by atoms with E-state index in [1.807, 2.05) is 13.8 Å². The Morgan fingerprint density at radius 3 is 2.32 bits per heavy atom. The molecule has 2 rings (SSSR count). The standard InChI is InChI=1S/C17H19IN2O4S/c1-11(2)19-17(21)15-10-14(8-9-16(15)24-3)25(22,23)20-13-6-4-12(18)5-7-13/h4-11,20H,1-3H3,(H,19,21). The number of benzene rings is 2. The number of methoxy groups -OCH3 is 1. The molecule has 0 heterocycles. The van der Waals surface area contributed by atoms with Crippen molar-refractivity contribution in [2.24, 2.45) is 0 Å². The molecule has 0 radical (unpaired) electrons. The SMILES string of the molecule is COc1ccc(S(=O)(=O)Nc2ccc(I)cc2)cc1C(=O)NC(C)C. The Hall–Kier alpha value is -1.81. The minimum atomic E-state index is -3.82. The maximum atomic E-state index is 12.6. The van der Waals surface area contributed by atoms with Gasteiger partial charge < -0.3 is 10.1 Å². The molecule has 6 nitrogen and oxygen atoms in total. The summed E-state index contributed by atoms with van der Waals surface area (Å²) in [5.41, 5.74) is 0.617. The highest BCUT2D eigenvalue weighted by Crippen LogP contribution is 2.24. The summed E-state index contributed by atoms with van der Waals surface area (Å²) in [7, 11) is -2.39. The van der Waals surface area contributed by atoms with Crippen molar-refractivity contribution in [2.75, 3.05) is 11.8 Å². The number of ether oxygens (including phenoxy) is 1. The van der Waals surface area contributed by atoms with Gasteiger partial charge in [0.15, 0.2) is 0 Å². The molecule has 0 saturated carbocycles. The lowest BCUT2D eigenvalue weighted by molar-refractivity contribution is 0.0940. The molecule has 134 valence electrons. The highest BCUT2D eigenvalue weighted by Gasteiger charge is 2.20. The number of carbonyl (C=O) groups excluding carboxylic acids is 1. The van der Waals surface area contributed by atoms with Crippen molar-refractivity contribution in [3.63, 3.8) is 0 Å². The number of hydrogen-bond donors (Lipinski definition) is 2. The van der Waals surface area contributed by atoms with Gasteiger partial charge in [-0.3, -0.25) is 9.52 Å². The first-order chi connectivity index (χ1) is 11.7. The molecule has 0 fully saturated rings. The summed E-state index contributed by atoms with van der Waals surface area (Å²) in [5.74, 6) is -0.0791. The van der Waals surface area contributed by atoms with Crippen LogP contribution in [0.2, 0.25) is 0 Å². The van der Waals surface area contributed by atoms with Crippen LogP contribution in [0.15, 0.2) is 47.4 Å². The molecule has 0 aromatic heterocycles. The van der Waals surface area contributed by atoms with Gasteiger partial charge in [-0.25, -0.2) is 8.42 Å². The molecule has 1 amide bonds. The summed E-state index contributed by atoms with van der Waals surface area (Å²) in [6.07, 6.45) is 0. The van der Waals surface area contributed by atoms with Gasteiger partial charge in [-0.15, -0.1) is 0 Å². The zero-order valence-electron chi connectivity index (χ0n) is 14.0. The quantitative estimate of drug-likeness (QED) is 0.630. The van der Waals surface area contributed by atoms with Crippen LogP contribution in [0, 0.1) is 3.57 Å². The first kappa shape index (κ1) is 19.5. The molecule has 2 aromatic carbocycles. The van der Waals surface area contributed by atoms with Crippen molar-refractivity contribution in [3.05, 3.63) is 51.6 Å². The number of nitrogens with one attached hydrogen (secondary N) is 2. The van der Waals surface area contributed by atoms with Crippen molar-refractivity contribution in [2.45, 2.75) is 24.8 Å². The Morgan fingerprint density at radius 2 is 1.76 bits per heavy atom. The Kier molecular flexibility index (Phi) is 6.28. The first-order valence-electron chi connectivity index (χ1n) is 7.50. The van der Waals surface area contributed by atoms with E-state index in [1.54, 1.807) is 24.3 Å². The number of amides is 1. The Morgan fingerprint density at radius 1 is 1.12 bits per heavy atom. The monoisotopic (exact) mass is 474 g/mol. The van der Waals surface area contributed by atoms with E-state index in [9.17, 15) is 13.2 Å². The van der Waals surface area contributed by atoms with Gasteiger partial charge >= 0.3 is 0 Å². The van der Waals surface area contributed by atoms with Gasteiger partial charge in [0.25, 0.3) is 15.9 Å². The number of anilines is 1. The first-order valence-corrected chi connectivity index (χ1v) is 10.1. The van der Waals surface area contributed by atoms with Crippen molar-refractivity contribution in [1.82, 2.24) is 5.32 Å². The second-order valence-electron chi connectivity index (χ2n) is 5.60. The highest BCUT2D eigenvalue weighted by molar-refractivity contribution is 14.1. The van der Waals surface area contributed by atoms with E-state index in [-0.39, 0.29) is 16.5 Å². The average Bonchev–Trinajstić information content (AvgIpc) is 2.55. The maximum absolute atomic E-state index is 12.6. The van der Waals surface area contributed by atoms with Crippen LogP contribution < -0.4 is 14.8 Å². The number of halogens is 1. The van der Waals surface area contributed by atoms with E-state index < -0.39 is 15.9 Å². The molecule has 2 aromatic rings. The van der Waals surface area contributed by atoms with Crippen LogP contribution in [-0.4, -0.2) is 27.5 Å². The molecule has 0 spiro atoms. The summed E-state index contributed by atoms with van der Waals surface area (Å²) in [6.45, 7) is 3.65. The van der Waals surface area contributed by atoms with E-state index in [4.69, 9.17) is 4.74 Å². The van der Waals surface area contributed by atoms with Gasteiger partial charge in [0.05, 0.1) is 17.6 Å².